The fourth-order valence-corrected chi connectivity index (χ4v) is 7.19. The van der Waals surface area contributed by atoms with Crippen LogP contribution in [0.15, 0.2) is 66.7 Å². The minimum atomic E-state index is -0.133. The molecule has 2 aliphatic heterocycles. The quantitative estimate of drug-likeness (QED) is 0.363. The van der Waals surface area contributed by atoms with Gasteiger partial charge in [-0.15, -0.1) is 0 Å². The van der Waals surface area contributed by atoms with Crippen molar-refractivity contribution < 1.29 is 4.79 Å². The molecule has 0 aromatic heterocycles. The molecule has 2 saturated heterocycles. The van der Waals surface area contributed by atoms with Crippen molar-refractivity contribution in [3.05, 3.63) is 87.9 Å². The molecule has 40 heavy (non-hydrogen) atoms. The number of anilines is 1. The van der Waals surface area contributed by atoms with Gasteiger partial charge < -0.3 is 10.2 Å². The number of rotatable bonds is 4. The summed E-state index contributed by atoms with van der Waals surface area (Å²) in [7, 11) is 0. The number of nitrogens with zero attached hydrogens (tertiary/aromatic N) is 4. The van der Waals surface area contributed by atoms with E-state index >= 15 is 0 Å². The predicted octanol–water partition coefficient (Wildman–Crippen LogP) is 7.05. The van der Waals surface area contributed by atoms with Gasteiger partial charge in [0.1, 0.15) is 0 Å². The van der Waals surface area contributed by atoms with E-state index in [1.165, 1.54) is 31.2 Å². The largest absolute Gasteiger partial charge is 0.321 e. The van der Waals surface area contributed by atoms with E-state index in [0.29, 0.717) is 40.4 Å². The molecule has 6 rings (SSSR count). The second-order valence-corrected chi connectivity index (χ2v) is 12.0. The molecule has 3 aliphatic rings. The smallest absolute Gasteiger partial charge is 0.321 e. The first-order valence-corrected chi connectivity index (χ1v) is 14.8. The summed E-state index contributed by atoms with van der Waals surface area (Å²) < 4.78 is 0. The minimum Gasteiger partial charge on any atom is -0.321 e. The SMILES string of the molecule is N#Cc1cccc(-c2ccc(C3CN(C(=O)Nc4cc(Cl)cc(Cl)c4)C[C@H]4CN(C5CCCC5)CCN34)cc2)c1. The second-order valence-electron chi connectivity index (χ2n) is 11.1. The lowest BCUT2D eigenvalue weighted by Crippen LogP contribution is -2.64. The van der Waals surface area contributed by atoms with Crippen LogP contribution in [-0.4, -0.2) is 65.5 Å². The normalized spacial score (nSPS) is 22.1. The Kier molecular flexibility index (Phi) is 8.00. The highest BCUT2D eigenvalue weighted by Gasteiger charge is 2.41. The highest BCUT2D eigenvalue weighted by Crippen LogP contribution is 2.35. The Labute approximate surface area is 246 Å². The van der Waals surface area contributed by atoms with Crippen molar-refractivity contribution in [3.8, 4) is 17.2 Å². The number of carbonyl (C=O) groups excluding carboxylic acids is 1. The van der Waals surface area contributed by atoms with Crippen LogP contribution in [0.2, 0.25) is 10.0 Å². The summed E-state index contributed by atoms with van der Waals surface area (Å²) in [6.07, 6.45) is 5.20. The number of benzene rings is 3. The number of fused-ring (bicyclic) bond motifs is 1. The van der Waals surface area contributed by atoms with Crippen molar-refractivity contribution in [2.75, 3.05) is 38.0 Å². The van der Waals surface area contributed by atoms with E-state index in [0.717, 1.165) is 30.8 Å². The second kappa shape index (κ2) is 11.8. The number of halogens is 2. The number of hydrogen-bond donors (Lipinski definition) is 1. The zero-order valence-corrected chi connectivity index (χ0v) is 23.9. The first kappa shape index (κ1) is 27.1. The number of urea groups is 1. The highest BCUT2D eigenvalue weighted by atomic mass is 35.5. The lowest BCUT2D eigenvalue weighted by atomic mass is 9.94. The number of nitrogens with one attached hydrogen (secondary N) is 1. The summed E-state index contributed by atoms with van der Waals surface area (Å²) in [6.45, 7) is 4.33. The Balaban J connectivity index is 1.25. The monoisotopic (exact) mass is 573 g/mol. The predicted molar refractivity (Wildman–Crippen MR) is 161 cm³/mol. The van der Waals surface area contributed by atoms with Gasteiger partial charge in [-0.1, -0.05) is 72.4 Å². The molecule has 0 spiro atoms. The summed E-state index contributed by atoms with van der Waals surface area (Å²) in [5.74, 6) is 0. The van der Waals surface area contributed by atoms with Gasteiger partial charge in [0.2, 0.25) is 0 Å². The van der Waals surface area contributed by atoms with Gasteiger partial charge in [0.05, 0.1) is 17.7 Å². The molecule has 2 heterocycles. The number of carbonyl (C=O) groups is 1. The molecule has 3 aromatic carbocycles. The van der Waals surface area contributed by atoms with Crippen LogP contribution in [0.4, 0.5) is 10.5 Å². The van der Waals surface area contributed by atoms with Gasteiger partial charge in [0.15, 0.2) is 0 Å². The maximum atomic E-state index is 13.5. The van der Waals surface area contributed by atoms with Gasteiger partial charge in [-0.3, -0.25) is 9.80 Å². The van der Waals surface area contributed by atoms with Crippen molar-refractivity contribution in [1.82, 2.24) is 14.7 Å². The third-order valence-electron chi connectivity index (χ3n) is 8.65. The maximum Gasteiger partial charge on any atom is 0.321 e. The van der Waals surface area contributed by atoms with Crippen LogP contribution in [0.1, 0.15) is 42.9 Å². The molecule has 1 N–H and O–H groups in total. The third kappa shape index (κ3) is 5.84. The van der Waals surface area contributed by atoms with Crippen LogP contribution in [0, 0.1) is 11.3 Å². The van der Waals surface area contributed by atoms with E-state index in [1.807, 2.05) is 29.2 Å². The molecule has 0 bridgehead atoms. The lowest BCUT2D eigenvalue weighted by Gasteiger charge is -2.52. The number of nitriles is 1. The average molecular weight is 575 g/mol. The molecule has 3 aromatic rings. The number of hydrogen-bond acceptors (Lipinski definition) is 4. The van der Waals surface area contributed by atoms with Crippen molar-refractivity contribution in [2.45, 2.75) is 43.8 Å². The van der Waals surface area contributed by atoms with E-state index < -0.39 is 0 Å². The summed E-state index contributed by atoms with van der Waals surface area (Å²) in [5.41, 5.74) is 4.55. The zero-order chi connectivity index (χ0) is 27.6. The molecule has 6 nitrogen and oxygen atoms in total. The lowest BCUT2D eigenvalue weighted by molar-refractivity contribution is -0.0251. The third-order valence-corrected chi connectivity index (χ3v) is 9.08. The van der Waals surface area contributed by atoms with Crippen LogP contribution in [-0.2, 0) is 0 Å². The topological polar surface area (TPSA) is 62.6 Å². The molecule has 1 saturated carbocycles. The highest BCUT2D eigenvalue weighted by molar-refractivity contribution is 6.35. The van der Waals surface area contributed by atoms with E-state index in [4.69, 9.17) is 23.2 Å². The molecule has 2 amide bonds. The molecule has 1 aliphatic carbocycles. The first-order valence-electron chi connectivity index (χ1n) is 14.1. The Bertz CT molecular complexity index is 1400. The summed E-state index contributed by atoms with van der Waals surface area (Å²) >= 11 is 12.4. The van der Waals surface area contributed by atoms with Crippen molar-refractivity contribution in [1.29, 1.82) is 5.26 Å². The van der Waals surface area contributed by atoms with Gasteiger partial charge in [-0.05, 0) is 59.9 Å². The Morgan fingerprint density at radius 3 is 2.33 bits per heavy atom. The Morgan fingerprint density at radius 2 is 1.60 bits per heavy atom. The van der Waals surface area contributed by atoms with Crippen molar-refractivity contribution in [3.63, 3.8) is 0 Å². The van der Waals surface area contributed by atoms with Gasteiger partial charge in [-0.25, -0.2) is 4.79 Å². The Hall–Kier alpha value is -3.08. The van der Waals surface area contributed by atoms with E-state index in [9.17, 15) is 10.1 Å². The molecule has 8 heteroatoms. The van der Waals surface area contributed by atoms with Gasteiger partial charge in [0.25, 0.3) is 0 Å². The van der Waals surface area contributed by atoms with Crippen LogP contribution in [0.5, 0.6) is 0 Å². The summed E-state index contributed by atoms with van der Waals surface area (Å²) in [5, 5.41) is 13.3. The standard InChI is InChI=1S/C32H33Cl2N5O/c33-26-15-27(34)17-28(16-26)36-32(40)38-20-30-19-37(29-6-1-2-7-29)12-13-39(30)31(21-38)24-10-8-23(9-11-24)25-5-3-4-22(14-25)18-35/h3-5,8-11,14-17,29-31H,1-2,6-7,12-13,19-21H2,(H,36,40)/t30-,31?/m1/s1. The molecule has 1 unspecified atom stereocenters. The first-order chi connectivity index (χ1) is 19.5. The minimum absolute atomic E-state index is 0.0951. The van der Waals surface area contributed by atoms with Crippen LogP contribution in [0.3, 0.4) is 0 Å². The summed E-state index contributed by atoms with van der Waals surface area (Å²) in [4.78, 5) is 20.8. The molecule has 2 atom stereocenters. The fraction of sp³-hybridized carbons (Fsp3) is 0.375. The Morgan fingerprint density at radius 1 is 0.850 bits per heavy atom. The van der Waals surface area contributed by atoms with E-state index in [1.54, 1.807) is 18.2 Å². The maximum absolute atomic E-state index is 13.5. The van der Waals surface area contributed by atoms with Crippen molar-refractivity contribution in [2.24, 2.45) is 0 Å². The molecule has 0 radical (unpaired) electrons. The van der Waals surface area contributed by atoms with Gasteiger partial charge in [0, 0.05) is 60.5 Å². The average Bonchev–Trinajstić information content (AvgIpc) is 3.51. The van der Waals surface area contributed by atoms with Gasteiger partial charge in [-0.2, -0.15) is 5.26 Å². The van der Waals surface area contributed by atoms with Crippen molar-refractivity contribution >= 4 is 34.9 Å². The number of piperazine rings is 2. The molecule has 3 fully saturated rings. The van der Waals surface area contributed by atoms with E-state index in [-0.39, 0.29) is 18.1 Å². The summed E-state index contributed by atoms with van der Waals surface area (Å²) in [6, 6.07) is 24.5. The van der Waals surface area contributed by atoms with Crippen LogP contribution >= 0.6 is 23.2 Å². The number of amides is 2. The van der Waals surface area contributed by atoms with E-state index in [2.05, 4.69) is 45.5 Å². The molecule has 206 valence electrons. The van der Waals surface area contributed by atoms with Crippen LogP contribution in [0.25, 0.3) is 11.1 Å². The fourth-order valence-electron chi connectivity index (χ4n) is 6.67. The molecular formula is C32H33Cl2N5O. The van der Waals surface area contributed by atoms with Gasteiger partial charge >= 0.3 is 6.03 Å². The van der Waals surface area contributed by atoms with Crippen LogP contribution < -0.4 is 5.32 Å². The molecular weight excluding hydrogens is 541 g/mol. The zero-order valence-electron chi connectivity index (χ0n) is 22.4.